The predicted octanol–water partition coefficient (Wildman–Crippen LogP) is 3.38. The summed E-state index contributed by atoms with van der Waals surface area (Å²) in [5, 5.41) is 8.46. The van der Waals surface area contributed by atoms with Crippen LogP contribution in [0.2, 0.25) is 0 Å². The molecule has 2 heterocycles. The van der Waals surface area contributed by atoms with E-state index < -0.39 is 0 Å². The molecule has 0 bridgehead atoms. The Morgan fingerprint density at radius 3 is 2.58 bits per heavy atom. The molecule has 2 aromatic heterocycles. The van der Waals surface area contributed by atoms with Crippen LogP contribution in [0.15, 0.2) is 42.7 Å². The van der Waals surface area contributed by atoms with E-state index in [4.69, 9.17) is 5.21 Å². The number of nitrogens with zero attached hydrogens (tertiary/aromatic N) is 3. The van der Waals surface area contributed by atoms with E-state index in [1.807, 2.05) is 37.4 Å². The number of carbonyl (C=O) groups is 1. The fourth-order valence-corrected chi connectivity index (χ4v) is 2.49. The van der Waals surface area contributed by atoms with Gasteiger partial charge in [0.1, 0.15) is 11.6 Å². The number of carbonyl (C=O) groups excluding carboxylic acids is 1. The summed E-state index contributed by atoms with van der Waals surface area (Å²) in [5.41, 5.74) is 2.82. The van der Waals surface area contributed by atoms with Gasteiger partial charge in [0.05, 0.1) is 0 Å². The Labute approximate surface area is 142 Å². The molecule has 0 fully saturated rings. The number of aromatic nitrogens is 2. The van der Waals surface area contributed by atoms with Crippen molar-refractivity contribution in [2.75, 3.05) is 11.4 Å². The predicted molar refractivity (Wildman–Crippen MR) is 93.2 cm³/mol. The van der Waals surface area contributed by atoms with Crippen molar-refractivity contribution in [3.63, 3.8) is 0 Å². The number of amides is 1. The Morgan fingerprint density at radius 1 is 1.08 bits per heavy atom. The highest BCUT2D eigenvalue weighted by molar-refractivity contribution is 5.74. The van der Waals surface area contributed by atoms with Gasteiger partial charge in [-0.3, -0.25) is 10.0 Å². The lowest BCUT2D eigenvalue weighted by molar-refractivity contribution is -0.129. The highest BCUT2D eigenvalue weighted by Crippen LogP contribution is 2.22. The maximum Gasteiger partial charge on any atom is 0.243 e. The molecule has 1 amide bonds. The summed E-state index contributed by atoms with van der Waals surface area (Å²) in [6, 6.07) is 9.89. The summed E-state index contributed by atoms with van der Waals surface area (Å²) in [6.45, 7) is 2.87. The lowest BCUT2D eigenvalue weighted by atomic mass is 10.1. The van der Waals surface area contributed by atoms with Crippen molar-refractivity contribution in [2.24, 2.45) is 0 Å². The molecule has 0 aliphatic rings. The Bertz CT molecular complexity index is 634. The number of rotatable bonds is 9. The van der Waals surface area contributed by atoms with Gasteiger partial charge in [-0.1, -0.05) is 18.9 Å². The lowest BCUT2D eigenvalue weighted by Crippen LogP contribution is -2.21. The van der Waals surface area contributed by atoms with E-state index in [2.05, 4.69) is 20.9 Å². The van der Waals surface area contributed by atoms with Crippen LogP contribution in [0.5, 0.6) is 0 Å². The fourth-order valence-electron chi connectivity index (χ4n) is 2.49. The van der Waals surface area contributed by atoms with E-state index >= 15 is 0 Å². The molecule has 6 nitrogen and oxygen atoms in total. The van der Waals surface area contributed by atoms with E-state index in [1.54, 1.807) is 11.7 Å². The quantitative estimate of drug-likeness (QED) is 0.419. The molecule has 0 radical (unpaired) electrons. The first-order chi connectivity index (χ1) is 11.7. The van der Waals surface area contributed by atoms with Crippen LogP contribution in [0, 0.1) is 6.92 Å². The monoisotopic (exact) mass is 328 g/mol. The summed E-state index contributed by atoms with van der Waals surface area (Å²) in [7, 11) is 0. The van der Waals surface area contributed by atoms with Crippen LogP contribution in [-0.4, -0.2) is 27.6 Å². The molecule has 0 aliphatic heterocycles. The molecule has 0 atom stereocenters. The third-order valence-electron chi connectivity index (χ3n) is 3.76. The Kier molecular flexibility index (Phi) is 7.17. The fraction of sp³-hybridized carbons (Fsp3) is 0.389. The largest absolute Gasteiger partial charge is 0.311 e. The zero-order chi connectivity index (χ0) is 17.2. The molecule has 2 aromatic rings. The second-order valence-corrected chi connectivity index (χ2v) is 5.73. The zero-order valence-corrected chi connectivity index (χ0v) is 14.0. The Hall–Kier alpha value is -2.47. The van der Waals surface area contributed by atoms with Gasteiger partial charge in [-0.05, 0) is 49.6 Å². The second-order valence-electron chi connectivity index (χ2n) is 5.73. The molecule has 0 aliphatic carbocycles. The van der Waals surface area contributed by atoms with Crippen LogP contribution in [0.3, 0.4) is 0 Å². The Morgan fingerprint density at radius 2 is 1.88 bits per heavy atom. The highest BCUT2D eigenvalue weighted by Gasteiger charge is 2.11. The molecule has 2 rings (SSSR count). The number of hydrogen-bond acceptors (Lipinski definition) is 5. The van der Waals surface area contributed by atoms with Gasteiger partial charge in [-0.25, -0.2) is 15.4 Å². The number of hydrogen-bond donors (Lipinski definition) is 2. The number of aryl methyl sites for hydroxylation is 1. The van der Waals surface area contributed by atoms with Crippen LogP contribution < -0.4 is 10.4 Å². The number of anilines is 2. The molecule has 0 unspecified atom stereocenters. The van der Waals surface area contributed by atoms with Crippen molar-refractivity contribution in [1.82, 2.24) is 15.4 Å². The highest BCUT2D eigenvalue weighted by atomic mass is 16.5. The summed E-state index contributed by atoms with van der Waals surface area (Å²) in [4.78, 5) is 22.0. The molecule has 0 spiro atoms. The van der Waals surface area contributed by atoms with E-state index in [0.717, 1.165) is 49.4 Å². The first kappa shape index (κ1) is 17.9. The van der Waals surface area contributed by atoms with Crippen LogP contribution in [0.4, 0.5) is 11.6 Å². The maximum atomic E-state index is 11.0. The molecular weight excluding hydrogens is 304 g/mol. The van der Waals surface area contributed by atoms with E-state index in [1.165, 1.54) is 0 Å². The summed E-state index contributed by atoms with van der Waals surface area (Å²) in [6.07, 6.45) is 7.67. The van der Waals surface area contributed by atoms with Gasteiger partial charge >= 0.3 is 0 Å². The molecule has 0 aromatic carbocycles. The summed E-state index contributed by atoms with van der Waals surface area (Å²) >= 11 is 0. The number of pyridine rings is 2. The molecular formula is C18H24N4O2. The van der Waals surface area contributed by atoms with Crippen LogP contribution >= 0.6 is 0 Å². The van der Waals surface area contributed by atoms with Gasteiger partial charge < -0.3 is 4.90 Å². The smallest absolute Gasteiger partial charge is 0.243 e. The topological polar surface area (TPSA) is 78.4 Å². The van der Waals surface area contributed by atoms with Crippen LogP contribution in [0.1, 0.15) is 37.7 Å². The first-order valence-corrected chi connectivity index (χ1v) is 8.25. The van der Waals surface area contributed by atoms with Crippen LogP contribution in [-0.2, 0) is 4.79 Å². The molecule has 6 heteroatoms. The van der Waals surface area contributed by atoms with Crippen molar-refractivity contribution in [3.05, 3.63) is 48.3 Å². The number of nitrogens with one attached hydrogen (secondary N) is 1. The average Bonchev–Trinajstić information content (AvgIpc) is 2.61. The van der Waals surface area contributed by atoms with Gasteiger partial charge in [0.25, 0.3) is 0 Å². The molecule has 128 valence electrons. The molecule has 0 saturated carbocycles. The number of unbranched alkanes of at least 4 members (excludes halogenated alkanes) is 3. The zero-order valence-electron chi connectivity index (χ0n) is 14.0. The van der Waals surface area contributed by atoms with Gasteiger partial charge in [0.2, 0.25) is 5.91 Å². The van der Waals surface area contributed by atoms with Gasteiger partial charge in [-0.2, -0.15) is 0 Å². The van der Waals surface area contributed by atoms with E-state index in [9.17, 15) is 4.79 Å². The van der Waals surface area contributed by atoms with Crippen LogP contribution in [0.25, 0.3) is 0 Å². The third kappa shape index (κ3) is 5.62. The minimum absolute atomic E-state index is 0.325. The van der Waals surface area contributed by atoms with Gasteiger partial charge in [-0.15, -0.1) is 0 Å². The minimum atomic E-state index is -0.325. The lowest BCUT2D eigenvalue weighted by Gasteiger charge is -2.23. The Balaban J connectivity index is 1.92. The van der Waals surface area contributed by atoms with Crippen molar-refractivity contribution < 1.29 is 10.0 Å². The van der Waals surface area contributed by atoms with Crippen molar-refractivity contribution in [1.29, 1.82) is 0 Å². The standard InChI is InChI=1S/C18H24N4O2/c1-15-10-12-20-17(14-15)22(16-8-5-6-11-19-16)13-7-3-2-4-9-18(23)21-24/h5-6,8,10-12,14,24H,2-4,7,9,13H2,1H3,(H,21,23). The van der Waals surface area contributed by atoms with E-state index in [-0.39, 0.29) is 5.91 Å². The average molecular weight is 328 g/mol. The van der Waals surface area contributed by atoms with Crippen molar-refractivity contribution in [3.8, 4) is 0 Å². The van der Waals surface area contributed by atoms with E-state index in [0.29, 0.717) is 6.42 Å². The maximum absolute atomic E-state index is 11.0. The normalized spacial score (nSPS) is 10.4. The molecule has 0 saturated heterocycles. The minimum Gasteiger partial charge on any atom is -0.311 e. The van der Waals surface area contributed by atoms with Crippen molar-refractivity contribution >= 4 is 17.5 Å². The third-order valence-corrected chi connectivity index (χ3v) is 3.76. The van der Waals surface area contributed by atoms with Gasteiger partial charge in [0.15, 0.2) is 0 Å². The molecule has 2 N–H and O–H groups in total. The SMILES string of the molecule is Cc1ccnc(N(CCCCCCC(=O)NO)c2ccccn2)c1. The number of hydroxylamine groups is 1. The van der Waals surface area contributed by atoms with Crippen molar-refractivity contribution in [2.45, 2.75) is 39.0 Å². The van der Waals surface area contributed by atoms with Gasteiger partial charge in [0, 0.05) is 25.4 Å². The molecule has 24 heavy (non-hydrogen) atoms. The summed E-state index contributed by atoms with van der Waals surface area (Å²) in [5.74, 6) is 1.46. The second kappa shape index (κ2) is 9.62. The summed E-state index contributed by atoms with van der Waals surface area (Å²) < 4.78 is 0. The first-order valence-electron chi connectivity index (χ1n) is 8.25.